The maximum absolute atomic E-state index is 14.2. The van der Waals surface area contributed by atoms with Gasteiger partial charge in [0.25, 0.3) is 5.92 Å². The first-order valence-corrected chi connectivity index (χ1v) is 6.26. The van der Waals surface area contributed by atoms with Crippen LogP contribution in [0.1, 0.15) is 33.6 Å². The summed E-state index contributed by atoms with van der Waals surface area (Å²) in [6.45, 7) is 5.53. The van der Waals surface area contributed by atoms with Crippen molar-refractivity contribution in [2.45, 2.75) is 50.7 Å². The van der Waals surface area contributed by atoms with E-state index in [4.69, 9.17) is 4.74 Å². The summed E-state index contributed by atoms with van der Waals surface area (Å²) in [5, 5.41) is 5.36. The number of alkyl carbamates (subject to hydrolysis) is 1. The molecule has 4 nitrogen and oxygen atoms in total. The Morgan fingerprint density at radius 3 is 2.72 bits per heavy atom. The Morgan fingerprint density at radius 2 is 2.11 bits per heavy atom. The van der Waals surface area contributed by atoms with Crippen molar-refractivity contribution in [1.82, 2.24) is 10.6 Å². The number of amides is 1. The Morgan fingerprint density at radius 1 is 1.44 bits per heavy atom. The molecule has 104 valence electrons. The molecule has 6 heteroatoms. The van der Waals surface area contributed by atoms with Gasteiger partial charge in [0.2, 0.25) is 0 Å². The van der Waals surface area contributed by atoms with Crippen LogP contribution < -0.4 is 10.6 Å². The molecule has 2 atom stereocenters. The number of carbonyl (C=O) groups is 1. The lowest BCUT2D eigenvalue weighted by atomic mass is 9.88. The number of ether oxygens (including phenoxy) is 1. The van der Waals surface area contributed by atoms with Crippen LogP contribution in [0.3, 0.4) is 0 Å². The Labute approximate surface area is 105 Å². The second kappa shape index (κ2) is 4.05. The van der Waals surface area contributed by atoms with Crippen LogP contribution in [0.2, 0.25) is 0 Å². The Bertz CT molecular complexity index is 350. The highest BCUT2D eigenvalue weighted by atomic mass is 19.3. The lowest BCUT2D eigenvalue weighted by Crippen LogP contribution is -2.68. The van der Waals surface area contributed by atoms with E-state index in [0.29, 0.717) is 13.0 Å². The molecule has 2 aliphatic rings. The fourth-order valence-electron chi connectivity index (χ4n) is 2.74. The van der Waals surface area contributed by atoms with Crippen molar-refractivity contribution in [3.63, 3.8) is 0 Å². The molecule has 1 heterocycles. The number of alkyl halides is 2. The molecule has 1 aliphatic heterocycles. The van der Waals surface area contributed by atoms with Crippen molar-refractivity contribution in [2.24, 2.45) is 5.92 Å². The van der Waals surface area contributed by atoms with Gasteiger partial charge in [-0.2, -0.15) is 0 Å². The number of halogens is 2. The lowest BCUT2D eigenvalue weighted by molar-refractivity contribution is -0.115. The molecule has 0 aromatic heterocycles. The summed E-state index contributed by atoms with van der Waals surface area (Å²) in [7, 11) is 0. The molecule has 0 aromatic carbocycles. The van der Waals surface area contributed by atoms with Crippen LogP contribution in [0.15, 0.2) is 0 Å². The van der Waals surface area contributed by atoms with Crippen LogP contribution in [0.5, 0.6) is 0 Å². The average Bonchev–Trinajstić information content (AvgIpc) is 2.35. The van der Waals surface area contributed by atoms with Gasteiger partial charge in [0.15, 0.2) is 0 Å². The van der Waals surface area contributed by atoms with Crippen LogP contribution in [0, 0.1) is 5.92 Å². The predicted molar refractivity (Wildman–Crippen MR) is 62.6 cm³/mol. The number of hydrogen-bond acceptors (Lipinski definition) is 3. The first-order valence-electron chi connectivity index (χ1n) is 6.26. The van der Waals surface area contributed by atoms with Crippen molar-refractivity contribution in [2.75, 3.05) is 13.1 Å². The molecule has 2 unspecified atom stereocenters. The molecular formula is C12H20F2N2O2. The summed E-state index contributed by atoms with van der Waals surface area (Å²) in [6.07, 6.45) is -0.0567. The predicted octanol–water partition coefficient (Wildman–Crippen LogP) is 1.90. The molecule has 0 aromatic rings. The third kappa shape index (κ3) is 2.18. The fraction of sp³-hybridized carbons (Fsp3) is 0.917. The van der Waals surface area contributed by atoms with Crippen molar-refractivity contribution in [3.8, 4) is 0 Å². The number of fused-ring (bicyclic) bond motifs is 2. The zero-order valence-corrected chi connectivity index (χ0v) is 11.0. The summed E-state index contributed by atoms with van der Waals surface area (Å²) in [5.74, 6) is -3.56. The smallest absolute Gasteiger partial charge is 0.408 e. The van der Waals surface area contributed by atoms with E-state index in [2.05, 4.69) is 10.6 Å². The average molecular weight is 262 g/mol. The summed E-state index contributed by atoms with van der Waals surface area (Å²) in [6, 6.07) is 0. The van der Waals surface area contributed by atoms with Crippen molar-refractivity contribution < 1.29 is 18.3 Å². The third-order valence-electron chi connectivity index (χ3n) is 3.63. The highest BCUT2D eigenvalue weighted by Crippen LogP contribution is 2.49. The molecule has 1 saturated carbocycles. The van der Waals surface area contributed by atoms with E-state index in [1.54, 1.807) is 20.8 Å². The largest absolute Gasteiger partial charge is 0.444 e. The van der Waals surface area contributed by atoms with E-state index in [0.717, 1.165) is 0 Å². The van der Waals surface area contributed by atoms with Gasteiger partial charge in [-0.1, -0.05) is 0 Å². The van der Waals surface area contributed by atoms with E-state index in [1.807, 2.05) is 0 Å². The van der Waals surface area contributed by atoms with E-state index < -0.39 is 29.1 Å². The van der Waals surface area contributed by atoms with Gasteiger partial charge in [0.05, 0.1) is 0 Å². The molecule has 1 saturated heterocycles. The van der Waals surface area contributed by atoms with Gasteiger partial charge < -0.3 is 15.4 Å². The van der Waals surface area contributed by atoms with Gasteiger partial charge in [0.1, 0.15) is 11.1 Å². The Balaban J connectivity index is 2.10. The Kier molecular flexibility index (Phi) is 3.04. The summed E-state index contributed by atoms with van der Waals surface area (Å²) in [4.78, 5) is 11.7. The zero-order valence-electron chi connectivity index (χ0n) is 11.0. The zero-order chi connectivity index (χ0) is 13.6. The number of carbonyl (C=O) groups excluding carboxylic acids is 1. The maximum atomic E-state index is 14.2. The summed E-state index contributed by atoms with van der Waals surface area (Å²) in [5.41, 5.74) is -2.17. The van der Waals surface area contributed by atoms with Gasteiger partial charge in [-0.05, 0) is 33.6 Å². The minimum absolute atomic E-state index is 0.0930. The molecule has 18 heavy (non-hydrogen) atoms. The molecule has 0 spiro atoms. The van der Waals surface area contributed by atoms with Crippen molar-refractivity contribution in [3.05, 3.63) is 0 Å². The highest BCUT2D eigenvalue weighted by Gasteiger charge is 2.65. The number of rotatable bonds is 1. The molecule has 2 N–H and O–H groups in total. The lowest BCUT2D eigenvalue weighted by Gasteiger charge is -2.41. The van der Waals surface area contributed by atoms with Gasteiger partial charge in [-0.3, -0.25) is 0 Å². The van der Waals surface area contributed by atoms with Gasteiger partial charge in [-0.15, -0.1) is 0 Å². The molecule has 0 radical (unpaired) electrons. The van der Waals surface area contributed by atoms with Crippen LogP contribution >= 0.6 is 0 Å². The van der Waals surface area contributed by atoms with Crippen LogP contribution in [-0.4, -0.2) is 36.2 Å². The minimum atomic E-state index is -2.87. The molecule has 1 amide bonds. The summed E-state index contributed by atoms with van der Waals surface area (Å²) < 4.78 is 33.5. The van der Waals surface area contributed by atoms with Crippen molar-refractivity contribution in [1.29, 1.82) is 0 Å². The second-order valence-corrected chi connectivity index (χ2v) is 6.20. The fourth-order valence-corrected chi connectivity index (χ4v) is 2.74. The van der Waals surface area contributed by atoms with Gasteiger partial charge in [-0.25, -0.2) is 13.6 Å². The van der Waals surface area contributed by atoms with Crippen molar-refractivity contribution >= 4 is 6.09 Å². The molecular weight excluding hydrogens is 242 g/mol. The first-order chi connectivity index (χ1) is 8.16. The summed E-state index contributed by atoms with van der Waals surface area (Å²) >= 11 is 0. The maximum Gasteiger partial charge on any atom is 0.408 e. The normalized spacial score (nSPS) is 34.2. The topological polar surface area (TPSA) is 50.4 Å². The second-order valence-electron chi connectivity index (χ2n) is 6.20. The van der Waals surface area contributed by atoms with E-state index >= 15 is 0 Å². The van der Waals surface area contributed by atoms with E-state index in [1.165, 1.54) is 0 Å². The molecule has 2 rings (SSSR count). The van der Waals surface area contributed by atoms with E-state index in [9.17, 15) is 13.6 Å². The number of nitrogens with one attached hydrogen (secondary N) is 2. The number of piperidine rings is 1. The molecule has 1 aliphatic carbocycles. The van der Waals surface area contributed by atoms with E-state index in [-0.39, 0.29) is 13.0 Å². The quantitative estimate of drug-likeness (QED) is 0.759. The number of hydrogen-bond donors (Lipinski definition) is 2. The van der Waals surface area contributed by atoms with Crippen LogP contribution in [0.4, 0.5) is 13.6 Å². The first kappa shape index (κ1) is 13.5. The van der Waals surface area contributed by atoms with Crippen LogP contribution in [-0.2, 0) is 4.74 Å². The molecule has 2 fully saturated rings. The van der Waals surface area contributed by atoms with Gasteiger partial charge in [0, 0.05) is 19.0 Å². The standard InChI is InChI=1S/C12H20F2N2O2/c1-10(2,3)18-9(17)16-11-5-4-8(6-15-7-11)12(11,13)14/h8,15H,4-7H2,1-3H3,(H,16,17). The minimum Gasteiger partial charge on any atom is -0.444 e. The van der Waals surface area contributed by atoms with Gasteiger partial charge >= 0.3 is 6.09 Å². The molecule has 2 bridgehead atoms. The van der Waals surface area contributed by atoms with Crippen LogP contribution in [0.25, 0.3) is 0 Å². The SMILES string of the molecule is CC(C)(C)OC(=O)NC12CCC(CNC1)C2(F)F. The monoisotopic (exact) mass is 262 g/mol. The third-order valence-corrected chi connectivity index (χ3v) is 3.63. The Hall–Kier alpha value is -0.910. The highest BCUT2D eigenvalue weighted by molar-refractivity contribution is 5.69.